The minimum atomic E-state index is -1.56. The molecule has 0 bridgehead atoms. The van der Waals surface area contributed by atoms with Crippen LogP contribution >= 0.6 is 0 Å². The monoisotopic (exact) mass is 638 g/mol. The fraction of sp³-hybridized carbons (Fsp3) is 0.944. The maximum atomic E-state index is 12.2. The fourth-order valence-corrected chi connectivity index (χ4v) is 11.7. The van der Waals surface area contributed by atoms with Crippen LogP contribution < -0.4 is 0 Å². The molecule has 15 atom stereocenters. The molecule has 0 aromatic carbocycles. The highest BCUT2D eigenvalue weighted by molar-refractivity contribution is 5.20. The molecule has 4 saturated carbocycles. The number of hydrogen-bond acceptors (Lipinski definition) is 9. The van der Waals surface area contributed by atoms with Gasteiger partial charge in [-0.2, -0.15) is 0 Å². The van der Waals surface area contributed by atoms with Crippen LogP contribution in [0.2, 0.25) is 0 Å². The lowest BCUT2D eigenvalue weighted by Crippen LogP contribution is -2.67. The zero-order valence-corrected chi connectivity index (χ0v) is 28.8. The van der Waals surface area contributed by atoms with E-state index in [-0.39, 0.29) is 39.6 Å². The Morgan fingerprint density at radius 1 is 0.822 bits per heavy atom. The molecular formula is C36H62O9. The first kappa shape index (κ1) is 35.7. The van der Waals surface area contributed by atoms with E-state index in [4.69, 9.17) is 9.47 Å². The Hall–Kier alpha value is -0.620. The van der Waals surface area contributed by atoms with Crippen molar-refractivity contribution in [3.05, 3.63) is 12.2 Å². The van der Waals surface area contributed by atoms with Gasteiger partial charge in [-0.25, -0.2) is 0 Å². The molecule has 9 nitrogen and oxygen atoms in total. The fourth-order valence-electron chi connectivity index (χ4n) is 11.7. The van der Waals surface area contributed by atoms with Gasteiger partial charge in [-0.3, -0.25) is 0 Å². The van der Waals surface area contributed by atoms with Gasteiger partial charge in [-0.1, -0.05) is 46.8 Å². The van der Waals surface area contributed by atoms with Crippen LogP contribution in [0, 0.1) is 45.3 Å². The molecule has 0 radical (unpaired) electrons. The second-order valence-electron chi connectivity index (χ2n) is 17.7. The van der Waals surface area contributed by atoms with Crippen molar-refractivity contribution in [3.63, 3.8) is 0 Å². The van der Waals surface area contributed by atoms with Gasteiger partial charge in [0.2, 0.25) is 0 Å². The average Bonchev–Trinajstić information content (AvgIpc) is 3.32. The quantitative estimate of drug-likeness (QED) is 0.208. The summed E-state index contributed by atoms with van der Waals surface area (Å²) in [6.07, 6.45) is 2.28. The molecule has 0 spiro atoms. The summed E-state index contributed by atoms with van der Waals surface area (Å²) >= 11 is 0. The molecule has 9 heteroatoms. The summed E-state index contributed by atoms with van der Waals surface area (Å²) in [7, 11) is 0. The number of aliphatic hydroxyl groups excluding tert-OH is 6. The van der Waals surface area contributed by atoms with Crippen LogP contribution in [0.1, 0.15) is 107 Å². The number of hydrogen-bond donors (Lipinski definition) is 7. The summed E-state index contributed by atoms with van der Waals surface area (Å²) < 4.78 is 12.5. The van der Waals surface area contributed by atoms with Crippen LogP contribution in [0.15, 0.2) is 12.2 Å². The van der Waals surface area contributed by atoms with Gasteiger partial charge >= 0.3 is 0 Å². The molecule has 1 aliphatic heterocycles. The lowest BCUT2D eigenvalue weighted by atomic mass is 9.35. The van der Waals surface area contributed by atoms with Gasteiger partial charge < -0.3 is 45.2 Å². The maximum absolute atomic E-state index is 12.2. The number of ether oxygens (including phenoxy) is 2. The largest absolute Gasteiger partial charge is 0.394 e. The molecule has 45 heavy (non-hydrogen) atoms. The van der Waals surface area contributed by atoms with E-state index >= 15 is 0 Å². The van der Waals surface area contributed by atoms with Gasteiger partial charge in [0.1, 0.15) is 24.4 Å². The van der Waals surface area contributed by atoms with Gasteiger partial charge in [-0.05, 0) is 117 Å². The minimum absolute atomic E-state index is 0.00829. The van der Waals surface area contributed by atoms with Crippen molar-refractivity contribution in [2.75, 3.05) is 6.61 Å². The second kappa shape index (κ2) is 11.8. The van der Waals surface area contributed by atoms with Crippen LogP contribution in [0.25, 0.3) is 0 Å². The van der Waals surface area contributed by atoms with E-state index in [1.165, 1.54) is 0 Å². The molecule has 5 aliphatic rings. The van der Waals surface area contributed by atoms with Crippen molar-refractivity contribution in [2.24, 2.45) is 45.3 Å². The Kier molecular flexibility index (Phi) is 9.33. The highest BCUT2D eigenvalue weighted by Gasteiger charge is 2.71. The molecule has 260 valence electrons. The van der Waals surface area contributed by atoms with Gasteiger partial charge in [0, 0.05) is 0 Å². The molecule has 0 aromatic heterocycles. The SMILES string of the molecule is CC(C)(O)/C=C/C[C@](C)(O[C@@H]1O[C@H](CO)[C@@H](O)[C@H](O)[C@H]1O)[C@H]1CC[C@]2(C)[C@@H]1[C@H](O)C[C@@H]1[C@@]3(C)CC[C@H](O)C(C)(C)[C@@H]3CC[C@]12C. The summed E-state index contributed by atoms with van der Waals surface area (Å²) in [5, 5.41) is 75.4. The van der Waals surface area contributed by atoms with Gasteiger partial charge in [0.05, 0.1) is 30.0 Å². The van der Waals surface area contributed by atoms with E-state index in [2.05, 4.69) is 34.6 Å². The molecule has 4 aliphatic carbocycles. The van der Waals surface area contributed by atoms with Crippen LogP contribution in [-0.4, -0.2) is 96.5 Å². The number of aliphatic hydroxyl groups is 7. The third-order valence-corrected chi connectivity index (χ3v) is 14.4. The second-order valence-corrected chi connectivity index (χ2v) is 17.7. The van der Waals surface area contributed by atoms with Crippen molar-refractivity contribution in [2.45, 2.75) is 161 Å². The van der Waals surface area contributed by atoms with Crippen molar-refractivity contribution < 1.29 is 45.2 Å². The molecule has 1 heterocycles. The molecule has 7 N–H and O–H groups in total. The number of fused-ring (bicyclic) bond motifs is 5. The van der Waals surface area contributed by atoms with Crippen LogP contribution in [0.3, 0.4) is 0 Å². The standard InChI is InChI=1S/C36H62O9/c1-31(2,43)13-9-14-36(8,45-30-29(42)28(41)27(40)22(19-37)44-30)20-10-16-35(7)26(20)21(38)18-24-33(5)15-12-25(39)32(3,4)23(33)11-17-34(24,35)6/h9,13,20-30,37-43H,10-12,14-19H2,1-8H3/b13-9+/t20-,21+,22+,23-,24+,25-,26-,27+,28-,29+,30-,33-,34+,35+,36-/m0/s1. The van der Waals surface area contributed by atoms with E-state index in [9.17, 15) is 35.7 Å². The minimum Gasteiger partial charge on any atom is -0.394 e. The van der Waals surface area contributed by atoms with Gasteiger partial charge in [-0.15, -0.1) is 0 Å². The van der Waals surface area contributed by atoms with E-state index < -0.39 is 54.6 Å². The summed E-state index contributed by atoms with van der Waals surface area (Å²) in [5.74, 6) is 0.442. The first-order valence-electron chi connectivity index (χ1n) is 17.4. The molecule has 0 unspecified atom stereocenters. The molecular weight excluding hydrogens is 576 g/mol. The summed E-state index contributed by atoms with van der Waals surface area (Å²) in [5.41, 5.74) is -2.43. The van der Waals surface area contributed by atoms with E-state index in [1.54, 1.807) is 19.9 Å². The maximum Gasteiger partial charge on any atom is 0.187 e. The van der Waals surface area contributed by atoms with E-state index in [0.717, 1.165) is 38.5 Å². The molecule has 0 amide bonds. The van der Waals surface area contributed by atoms with E-state index in [1.807, 2.05) is 13.0 Å². The van der Waals surface area contributed by atoms with Gasteiger partial charge in [0.25, 0.3) is 0 Å². The Morgan fingerprint density at radius 2 is 1.47 bits per heavy atom. The predicted octanol–water partition coefficient (Wildman–Crippen LogP) is 3.30. The van der Waals surface area contributed by atoms with Crippen molar-refractivity contribution >= 4 is 0 Å². The summed E-state index contributed by atoms with van der Waals surface area (Å²) in [4.78, 5) is 0. The lowest BCUT2D eigenvalue weighted by Gasteiger charge is -2.70. The smallest absolute Gasteiger partial charge is 0.187 e. The van der Waals surface area contributed by atoms with E-state index in [0.29, 0.717) is 24.7 Å². The number of rotatable bonds is 7. The summed E-state index contributed by atoms with van der Waals surface area (Å²) in [6.45, 7) is 16.5. The Balaban J connectivity index is 1.50. The zero-order chi connectivity index (χ0) is 33.5. The summed E-state index contributed by atoms with van der Waals surface area (Å²) in [6, 6.07) is 0. The van der Waals surface area contributed by atoms with Crippen LogP contribution in [-0.2, 0) is 9.47 Å². The Bertz CT molecular complexity index is 1100. The lowest BCUT2D eigenvalue weighted by molar-refractivity contribution is -0.335. The van der Waals surface area contributed by atoms with Crippen molar-refractivity contribution in [3.8, 4) is 0 Å². The van der Waals surface area contributed by atoms with Crippen molar-refractivity contribution in [1.29, 1.82) is 0 Å². The normalized spacial score (nSPS) is 51.3. The molecule has 1 saturated heterocycles. The van der Waals surface area contributed by atoms with Crippen molar-refractivity contribution in [1.82, 2.24) is 0 Å². The highest BCUT2D eigenvalue weighted by atomic mass is 16.7. The first-order valence-corrected chi connectivity index (χ1v) is 17.4. The molecule has 5 rings (SSSR count). The van der Waals surface area contributed by atoms with Gasteiger partial charge in [0.15, 0.2) is 6.29 Å². The third-order valence-electron chi connectivity index (χ3n) is 14.4. The average molecular weight is 639 g/mol. The first-order chi connectivity index (χ1) is 20.7. The van der Waals surface area contributed by atoms with Crippen LogP contribution in [0.4, 0.5) is 0 Å². The zero-order valence-electron chi connectivity index (χ0n) is 28.8. The third kappa shape index (κ3) is 5.58. The Morgan fingerprint density at radius 3 is 2.09 bits per heavy atom. The molecule has 0 aromatic rings. The topological polar surface area (TPSA) is 160 Å². The highest BCUT2D eigenvalue weighted by Crippen LogP contribution is 2.76. The Labute approximate surface area is 270 Å². The predicted molar refractivity (Wildman–Crippen MR) is 170 cm³/mol. The molecule has 5 fully saturated rings. The van der Waals surface area contributed by atoms with Crippen LogP contribution in [0.5, 0.6) is 0 Å².